The van der Waals surface area contributed by atoms with E-state index in [1.807, 2.05) is 0 Å². The van der Waals surface area contributed by atoms with E-state index in [-0.39, 0.29) is 34.2 Å². The van der Waals surface area contributed by atoms with Crippen molar-refractivity contribution in [3.63, 3.8) is 0 Å². The van der Waals surface area contributed by atoms with Gasteiger partial charge in [0.15, 0.2) is 0 Å². The van der Waals surface area contributed by atoms with E-state index in [4.69, 9.17) is 0 Å². The van der Waals surface area contributed by atoms with Crippen molar-refractivity contribution in [1.82, 2.24) is 6.15 Å². The zero-order chi connectivity index (χ0) is 0. The van der Waals surface area contributed by atoms with Crippen LogP contribution < -0.4 is 6.15 Å². The average Bonchev–Trinajstić information content (AvgIpc) is 0. The van der Waals surface area contributed by atoms with Gasteiger partial charge in [-0.2, -0.15) is 0 Å². The Hall–Kier alpha value is 0.399. The van der Waals surface area contributed by atoms with Crippen molar-refractivity contribution in [2.75, 3.05) is 0 Å². The molecular weight excluding hydrogens is 110 g/mol. The average molecular weight is 115 g/mol. The van der Waals surface area contributed by atoms with Crippen LogP contribution in [0.4, 0.5) is 0 Å². The fourth-order valence-corrected chi connectivity index (χ4v) is 0. The van der Waals surface area contributed by atoms with E-state index in [0.717, 1.165) is 0 Å². The van der Waals surface area contributed by atoms with Gasteiger partial charge in [-0.25, -0.2) is 0 Å². The van der Waals surface area contributed by atoms with Gasteiger partial charge in [-0.15, -0.1) is 0 Å². The van der Waals surface area contributed by atoms with E-state index < -0.39 is 0 Å². The second-order valence-electron chi connectivity index (χ2n) is 0. The Morgan fingerprint density at radius 3 is 1.00 bits per heavy atom. The summed E-state index contributed by atoms with van der Waals surface area (Å²) in [6.45, 7) is 0. The minimum atomic E-state index is 0. The molecule has 0 fully saturated rings. The molecule has 0 saturated heterocycles. The molecule has 4 heteroatoms. The summed E-state index contributed by atoms with van der Waals surface area (Å²) in [5.41, 5.74) is 0. The summed E-state index contributed by atoms with van der Waals surface area (Å²) in [4.78, 5) is 0. The van der Waals surface area contributed by atoms with Crippen LogP contribution in [0.5, 0.6) is 0 Å². The number of hydrogen-bond acceptors (Lipinski definition) is 1. The van der Waals surface area contributed by atoms with Crippen molar-refractivity contribution in [2.45, 2.75) is 0 Å². The maximum atomic E-state index is 0. The molecule has 0 bridgehead atoms. The Morgan fingerprint density at radius 1 is 1.00 bits per heavy atom. The molecule has 0 aliphatic heterocycles. The molecule has 1 radical (unpaired) electrons. The summed E-state index contributed by atoms with van der Waals surface area (Å²) >= 11 is 0. The van der Waals surface area contributed by atoms with Crippen LogP contribution in [0.25, 0.3) is 0 Å². The van der Waals surface area contributed by atoms with Gasteiger partial charge in [-0.05, 0) is 0 Å². The molecule has 0 rings (SSSR count). The van der Waals surface area contributed by atoms with Crippen molar-refractivity contribution in [1.29, 1.82) is 0 Å². The molecule has 0 aromatic heterocycles. The number of hydrogen-bond donors (Lipinski definition) is 1. The quantitative estimate of drug-likeness (QED) is 0.444. The molecule has 5 N–H and O–H groups in total. The standard InChI is InChI=1S/Cu.H3N.H2O.O/h;1H3;1H2;/q+2;;;-2. The Bertz CT molecular complexity index is 6.00. The van der Waals surface area contributed by atoms with Gasteiger partial charge >= 0.3 is 17.1 Å². The first-order valence-electron chi connectivity index (χ1n) is 0. The van der Waals surface area contributed by atoms with Crippen LogP contribution in [0.15, 0.2) is 0 Å². The number of quaternary nitrogens is 1. The first-order chi connectivity index (χ1) is 0. The molecule has 3 nitrogen and oxygen atoms in total. The van der Waals surface area contributed by atoms with Crippen LogP contribution in [0.1, 0.15) is 0 Å². The second-order valence-corrected chi connectivity index (χ2v) is 0. The SMILES string of the molecule is [Cu+2].[NH4+].[O-2].[OH-]. The predicted octanol–water partition coefficient (Wildman–Crippen LogP) is 0.0781. The van der Waals surface area contributed by atoms with Gasteiger partial charge in [0.2, 0.25) is 0 Å². The third-order valence-electron chi connectivity index (χ3n) is 0. The topological polar surface area (TPSA) is 95.0 Å². The summed E-state index contributed by atoms with van der Waals surface area (Å²) in [6.07, 6.45) is 0. The minimum absolute atomic E-state index is 0. The van der Waals surface area contributed by atoms with Crippen molar-refractivity contribution < 1.29 is 28.0 Å². The molecule has 0 heterocycles. The Morgan fingerprint density at radius 2 is 1.00 bits per heavy atom. The van der Waals surface area contributed by atoms with Gasteiger partial charge in [0.1, 0.15) is 0 Å². The maximum absolute atomic E-state index is 0. The zero-order valence-corrected chi connectivity index (χ0v) is 3.10. The summed E-state index contributed by atoms with van der Waals surface area (Å²) in [6, 6.07) is 0. The van der Waals surface area contributed by atoms with Crippen LogP contribution in [0, 0.1) is 0 Å². The van der Waals surface area contributed by atoms with E-state index >= 15 is 0 Å². The molecule has 0 aliphatic rings. The summed E-state index contributed by atoms with van der Waals surface area (Å²) in [5, 5.41) is 0. The largest absolute Gasteiger partial charge is 2.00 e. The van der Waals surface area contributed by atoms with Gasteiger partial charge in [-0.1, -0.05) is 0 Å². The molecule has 0 aromatic rings. The third-order valence-corrected chi connectivity index (χ3v) is 0. The molecule has 0 unspecified atom stereocenters. The predicted molar refractivity (Wildman–Crippen MR) is 8.61 cm³/mol. The molecule has 0 amide bonds. The molecule has 0 atom stereocenters. The first kappa shape index (κ1) is 319. The Kier molecular flexibility index (Phi) is 9770. The monoisotopic (exact) mass is 114 g/mol. The first-order valence-corrected chi connectivity index (χ1v) is 0. The Balaban J connectivity index is 0. The molecule has 33 valence electrons. The van der Waals surface area contributed by atoms with Crippen molar-refractivity contribution in [3.05, 3.63) is 0 Å². The van der Waals surface area contributed by atoms with E-state index in [1.165, 1.54) is 0 Å². The van der Waals surface area contributed by atoms with Crippen LogP contribution >= 0.6 is 0 Å². The van der Waals surface area contributed by atoms with E-state index in [9.17, 15) is 0 Å². The van der Waals surface area contributed by atoms with Crippen LogP contribution in [-0.2, 0) is 22.5 Å². The van der Waals surface area contributed by atoms with Gasteiger partial charge in [0, 0.05) is 0 Å². The van der Waals surface area contributed by atoms with E-state index in [1.54, 1.807) is 0 Å². The summed E-state index contributed by atoms with van der Waals surface area (Å²) < 4.78 is 0. The van der Waals surface area contributed by atoms with E-state index in [2.05, 4.69) is 0 Å². The van der Waals surface area contributed by atoms with Crippen molar-refractivity contribution >= 4 is 0 Å². The molecule has 4 heavy (non-hydrogen) atoms. The minimum Gasteiger partial charge on any atom is -2.00 e. The summed E-state index contributed by atoms with van der Waals surface area (Å²) in [7, 11) is 0. The number of rotatable bonds is 0. The van der Waals surface area contributed by atoms with Crippen molar-refractivity contribution in [3.8, 4) is 0 Å². The van der Waals surface area contributed by atoms with Crippen LogP contribution in [0.3, 0.4) is 0 Å². The fraction of sp³-hybridized carbons (Fsp3) is 0. The molecule has 0 aliphatic carbocycles. The zero-order valence-electron chi connectivity index (χ0n) is 2.16. The third kappa shape index (κ3) is 29.4. The normalized spacial score (nSPS) is 0. The van der Waals surface area contributed by atoms with Gasteiger partial charge < -0.3 is 17.1 Å². The molecule has 0 saturated carbocycles. The van der Waals surface area contributed by atoms with Gasteiger partial charge in [0.25, 0.3) is 0 Å². The van der Waals surface area contributed by atoms with Crippen molar-refractivity contribution in [2.24, 2.45) is 0 Å². The Labute approximate surface area is 35.1 Å². The molecule has 0 spiro atoms. The molecule has 0 aromatic carbocycles. The van der Waals surface area contributed by atoms with Gasteiger partial charge in [0.05, 0.1) is 0 Å². The van der Waals surface area contributed by atoms with Gasteiger partial charge in [-0.3, -0.25) is 0 Å². The second kappa shape index (κ2) is 123. The summed E-state index contributed by atoms with van der Waals surface area (Å²) in [5.74, 6) is 0. The van der Waals surface area contributed by atoms with E-state index in [0.29, 0.717) is 0 Å². The van der Waals surface area contributed by atoms with Crippen LogP contribution in [0.2, 0.25) is 0 Å². The van der Waals surface area contributed by atoms with Crippen LogP contribution in [-0.4, -0.2) is 5.48 Å². The smallest absolute Gasteiger partial charge is 2.00 e. The maximum Gasteiger partial charge on any atom is 2.00 e. The fourth-order valence-electron chi connectivity index (χ4n) is 0. The molecular formula is H5CuNO2.